The van der Waals surface area contributed by atoms with Gasteiger partial charge in [-0.3, -0.25) is 5.32 Å². The highest BCUT2D eigenvalue weighted by Gasteiger charge is 2.45. The predicted molar refractivity (Wildman–Crippen MR) is 84.2 cm³/mol. The van der Waals surface area contributed by atoms with Crippen LogP contribution in [0.4, 0.5) is 0 Å². The first-order valence-corrected chi connectivity index (χ1v) is 8.41. The van der Waals surface area contributed by atoms with Gasteiger partial charge >= 0.3 is 0 Å². The molecule has 2 nitrogen and oxygen atoms in total. The van der Waals surface area contributed by atoms with Crippen molar-refractivity contribution in [2.45, 2.75) is 43.2 Å². The van der Waals surface area contributed by atoms with Gasteiger partial charge in [-0.1, -0.05) is 15.9 Å². The molecule has 1 unspecified atom stereocenters. The summed E-state index contributed by atoms with van der Waals surface area (Å²) < 4.78 is 1.09. The second-order valence-electron chi connectivity index (χ2n) is 5.40. The number of nitrogens with one attached hydrogen (secondary N) is 1. The first-order chi connectivity index (χ1) is 9.05. The van der Waals surface area contributed by atoms with Crippen LogP contribution in [0, 0.1) is 17.2 Å². The molecule has 1 saturated carbocycles. The van der Waals surface area contributed by atoms with Crippen LogP contribution >= 0.6 is 27.7 Å². The highest BCUT2D eigenvalue weighted by Crippen LogP contribution is 2.42. The molecule has 1 aliphatic carbocycles. The molecule has 1 aromatic rings. The van der Waals surface area contributed by atoms with Crippen LogP contribution in [0.2, 0.25) is 0 Å². The Morgan fingerprint density at radius 1 is 1.42 bits per heavy atom. The van der Waals surface area contributed by atoms with E-state index in [4.69, 9.17) is 0 Å². The Kier molecular flexibility index (Phi) is 4.94. The van der Waals surface area contributed by atoms with Crippen LogP contribution in [0.5, 0.6) is 0 Å². The number of nitriles is 1. The molecule has 1 aromatic carbocycles. The molecule has 0 aliphatic heterocycles. The summed E-state index contributed by atoms with van der Waals surface area (Å²) in [6, 6.07) is 11.2. The van der Waals surface area contributed by atoms with Crippen LogP contribution in [0.1, 0.15) is 26.7 Å². The number of hydrogen-bond acceptors (Lipinski definition) is 3. The summed E-state index contributed by atoms with van der Waals surface area (Å²) in [7, 11) is 0. The van der Waals surface area contributed by atoms with E-state index < -0.39 is 0 Å². The largest absolute Gasteiger partial charge is 0.296 e. The Bertz CT molecular complexity index is 462. The smallest absolute Gasteiger partial charge is 0.119 e. The molecule has 0 saturated heterocycles. The minimum absolute atomic E-state index is 0.339. The van der Waals surface area contributed by atoms with Crippen molar-refractivity contribution < 1.29 is 0 Å². The maximum atomic E-state index is 9.62. The molecule has 0 bridgehead atoms. The monoisotopic (exact) mass is 338 g/mol. The van der Waals surface area contributed by atoms with Crippen molar-refractivity contribution in [2.75, 3.05) is 5.75 Å². The van der Waals surface area contributed by atoms with E-state index in [1.165, 1.54) is 17.7 Å². The molecule has 4 heteroatoms. The van der Waals surface area contributed by atoms with Crippen LogP contribution < -0.4 is 5.32 Å². The number of rotatable bonds is 6. The molecule has 0 radical (unpaired) electrons. The van der Waals surface area contributed by atoms with E-state index in [9.17, 15) is 5.26 Å². The van der Waals surface area contributed by atoms with Crippen LogP contribution in [-0.2, 0) is 0 Å². The summed E-state index contributed by atoms with van der Waals surface area (Å²) in [4.78, 5) is 1.22. The van der Waals surface area contributed by atoms with E-state index in [0.29, 0.717) is 12.0 Å². The number of nitrogens with zero attached hydrogens (tertiary/aromatic N) is 1. The molecule has 0 heterocycles. The summed E-state index contributed by atoms with van der Waals surface area (Å²) in [5.41, 5.74) is -0.369. The fourth-order valence-corrected chi connectivity index (χ4v) is 3.62. The molecule has 1 fully saturated rings. The Balaban J connectivity index is 2.04. The highest BCUT2D eigenvalue weighted by molar-refractivity contribution is 9.10. The molecular formula is C15H19BrN2S. The fraction of sp³-hybridized carbons (Fsp3) is 0.533. The lowest BCUT2D eigenvalue weighted by Crippen LogP contribution is -2.51. The van der Waals surface area contributed by atoms with Gasteiger partial charge in [0.15, 0.2) is 0 Å². The Labute approximate surface area is 128 Å². The second kappa shape index (κ2) is 6.30. The van der Waals surface area contributed by atoms with Gasteiger partial charge in [-0.25, -0.2) is 0 Å². The van der Waals surface area contributed by atoms with Gasteiger partial charge in [0.2, 0.25) is 0 Å². The van der Waals surface area contributed by atoms with Crippen molar-refractivity contribution in [2.24, 2.45) is 5.92 Å². The number of benzene rings is 1. The van der Waals surface area contributed by atoms with Crippen molar-refractivity contribution in [3.63, 3.8) is 0 Å². The van der Waals surface area contributed by atoms with Crippen molar-refractivity contribution in [1.82, 2.24) is 5.32 Å². The van der Waals surface area contributed by atoms with E-state index in [-0.39, 0.29) is 5.54 Å². The third-order valence-electron chi connectivity index (χ3n) is 3.30. The topological polar surface area (TPSA) is 35.8 Å². The number of hydrogen-bond donors (Lipinski definition) is 1. The minimum atomic E-state index is -0.369. The third kappa shape index (κ3) is 3.98. The zero-order valence-electron chi connectivity index (χ0n) is 11.3. The molecule has 0 spiro atoms. The van der Waals surface area contributed by atoms with Gasteiger partial charge in [0.05, 0.1) is 6.07 Å². The van der Waals surface area contributed by atoms with Crippen LogP contribution in [-0.4, -0.2) is 17.3 Å². The van der Waals surface area contributed by atoms with Crippen molar-refractivity contribution in [3.05, 3.63) is 28.7 Å². The summed E-state index contributed by atoms with van der Waals surface area (Å²) in [6.45, 7) is 4.22. The molecule has 19 heavy (non-hydrogen) atoms. The summed E-state index contributed by atoms with van der Waals surface area (Å²) in [5.74, 6) is 1.33. The highest BCUT2D eigenvalue weighted by atomic mass is 79.9. The molecule has 0 aromatic heterocycles. The average molecular weight is 339 g/mol. The van der Waals surface area contributed by atoms with Crippen LogP contribution in [0.15, 0.2) is 33.6 Å². The first-order valence-electron chi connectivity index (χ1n) is 6.63. The van der Waals surface area contributed by atoms with Crippen molar-refractivity contribution in [3.8, 4) is 6.07 Å². The summed E-state index contributed by atoms with van der Waals surface area (Å²) >= 11 is 5.21. The Morgan fingerprint density at radius 2 is 2.05 bits per heavy atom. The lowest BCUT2D eigenvalue weighted by molar-refractivity contribution is 0.370. The van der Waals surface area contributed by atoms with E-state index in [1.807, 2.05) is 12.1 Å². The molecule has 1 atom stereocenters. The van der Waals surface area contributed by atoms with E-state index >= 15 is 0 Å². The fourth-order valence-electron chi connectivity index (χ4n) is 2.25. The van der Waals surface area contributed by atoms with Crippen molar-refractivity contribution >= 4 is 27.7 Å². The lowest BCUT2D eigenvalue weighted by Gasteiger charge is -2.30. The first kappa shape index (κ1) is 14.9. The van der Waals surface area contributed by atoms with Crippen molar-refractivity contribution in [1.29, 1.82) is 5.26 Å². The zero-order chi connectivity index (χ0) is 13.9. The summed E-state index contributed by atoms with van der Waals surface area (Å²) in [5, 5.41) is 13.1. The maximum Gasteiger partial charge on any atom is 0.119 e. The average Bonchev–Trinajstić information content (AvgIpc) is 3.20. The molecule has 1 N–H and O–H groups in total. The molecule has 1 aliphatic rings. The standard InChI is InChI=1S/C15H19BrN2S/c1-11(2)18-15(9-17,12-3-4-12)10-19-14-7-5-13(16)6-8-14/h5-8,11-12,18H,3-4,10H2,1-2H3. The van der Waals surface area contributed by atoms with Gasteiger partial charge in [0.1, 0.15) is 5.54 Å². The Morgan fingerprint density at radius 3 is 2.53 bits per heavy atom. The molecule has 2 rings (SSSR count). The Hall–Kier alpha value is -0.500. The maximum absolute atomic E-state index is 9.62. The second-order valence-corrected chi connectivity index (χ2v) is 7.36. The summed E-state index contributed by atoms with van der Waals surface area (Å²) in [6.07, 6.45) is 2.35. The quantitative estimate of drug-likeness (QED) is 0.789. The lowest BCUT2D eigenvalue weighted by atomic mass is 9.96. The van der Waals surface area contributed by atoms with Gasteiger partial charge in [-0.05, 0) is 56.9 Å². The zero-order valence-corrected chi connectivity index (χ0v) is 13.7. The number of halogens is 1. The number of thioether (sulfide) groups is 1. The van der Waals surface area contributed by atoms with Gasteiger partial charge in [-0.15, -0.1) is 11.8 Å². The van der Waals surface area contributed by atoms with Crippen LogP contribution in [0.25, 0.3) is 0 Å². The SMILES string of the molecule is CC(C)NC(C#N)(CSc1ccc(Br)cc1)C1CC1. The van der Waals surface area contributed by atoms with E-state index in [2.05, 4.69) is 53.3 Å². The molecular weight excluding hydrogens is 320 g/mol. The van der Waals surface area contributed by atoms with Gasteiger partial charge < -0.3 is 0 Å². The normalized spacial score (nSPS) is 18.1. The molecule has 0 amide bonds. The van der Waals surface area contributed by atoms with Gasteiger partial charge in [0.25, 0.3) is 0 Å². The predicted octanol–water partition coefficient (Wildman–Crippen LogP) is 4.21. The molecule has 102 valence electrons. The van der Waals surface area contributed by atoms with Gasteiger partial charge in [-0.2, -0.15) is 5.26 Å². The van der Waals surface area contributed by atoms with Crippen LogP contribution in [0.3, 0.4) is 0 Å². The van der Waals surface area contributed by atoms with Gasteiger partial charge in [0, 0.05) is 21.2 Å². The van der Waals surface area contributed by atoms with E-state index in [0.717, 1.165) is 10.2 Å². The third-order valence-corrected chi connectivity index (χ3v) is 5.03. The van der Waals surface area contributed by atoms with E-state index in [1.54, 1.807) is 11.8 Å². The minimum Gasteiger partial charge on any atom is -0.296 e.